The maximum absolute atomic E-state index is 12.1. The van der Waals surface area contributed by atoms with E-state index in [-0.39, 0.29) is 11.8 Å². The first kappa shape index (κ1) is 14.1. The van der Waals surface area contributed by atoms with Gasteiger partial charge in [-0.15, -0.1) is 11.3 Å². The molecule has 4 nitrogen and oxygen atoms in total. The third-order valence-corrected chi connectivity index (χ3v) is 4.39. The van der Waals surface area contributed by atoms with Crippen LogP contribution < -0.4 is 0 Å². The molecule has 1 aliphatic heterocycles. The minimum atomic E-state index is 0.186. The third-order valence-electron chi connectivity index (χ3n) is 3.45. The molecule has 0 N–H and O–H groups in total. The lowest BCUT2D eigenvalue weighted by Crippen LogP contribution is -2.50. The largest absolute Gasteiger partial charge is 0.339 e. The Bertz CT molecular complexity index is 423. The number of hydrogen-bond donors (Lipinski definition) is 0. The Balaban J connectivity index is 1.74. The van der Waals surface area contributed by atoms with Crippen molar-refractivity contribution in [1.29, 1.82) is 0 Å². The topological polar surface area (TPSA) is 40.6 Å². The van der Waals surface area contributed by atoms with Gasteiger partial charge < -0.3 is 9.80 Å². The number of aryl methyl sites for hydroxylation is 1. The highest BCUT2D eigenvalue weighted by Crippen LogP contribution is 2.12. The summed E-state index contributed by atoms with van der Waals surface area (Å²) in [7, 11) is 0. The van der Waals surface area contributed by atoms with Crippen LogP contribution in [-0.4, -0.2) is 47.8 Å². The van der Waals surface area contributed by atoms with Gasteiger partial charge >= 0.3 is 0 Å². The van der Waals surface area contributed by atoms with Gasteiger partial charge in [0.15, 0.2) is 0 Å². The van der Waals surface area contributed by atoms with Gasteiger partial charge in [-0.1, -0.05) is 13.0 Å². The Morgan fingerprint density at radius 1 is 1.16 bits per heavy atom. The standard InChI is InChI=1S/C14H20N2O2S/c1-2-13(17)15-7-9-16(10-8-15)14(18)6-5-12-4-3-11-19-12/h3-4,11H,2,5-10H2,1H3. The molecule has 0 unspecified atom stereocenters. The van der Waals surface area contributed by atoms with Crippen LogP contribution in [0.15, 0.2) is 17.5 Å². The molecule has 1 saturated heterocycles. The molecule has 0 spiro atoms. The van der Waals surface area contributed by atoms with E-state index in [0.29, 0.717) is 39.0 Å². The van der Waals surface area contributed by atoms with Crippen LogP contribution in [0.25, 0.3) is 0 Å². The number of carbonyl (C=O) groups excluding carboxylic acids is 2. The summed E-state index contributed by atoms with van der Waals surface area (Å²) < 4.78 is 0. The van der Waals surface area contributed by atoms with Gasteiger partial charge in [0, 0.05) is 43.9 Å². The fourth-order valence-electron chi connectivity index (χ4n) is 2.27. The molecule has 2 rings (SSSR count). The summed E-state index contributed by atoms with van der Waals surface area (Å²) in [4.78, 5) is 28.6. The molecule has 0 atom stereocenters. The molecule has 1 aromatic heterocycles. The number of amides is 2. The molecule has 0 radical (unpaired) electrons. The smallest absolute Gasteiger partial charge is 0.223 e. The molecule has 1 aliphatic rings. The summed E-state index contributed by atoms with van der Waals surface area (Å²) in [5, 5.41) is 2.04. The van der Waals surface area contributed by atoms with E-state index in [1.165, 1.54) is 4.88 Å². The lowest BCUT2D eigenvalue weighted by molar-refractivity contribution is -0.139. The molecular formula is C14H20N2O2S. The highest BCUT2D eigenvalue weighted by Gasteiger charge is 2.22. The monoisotopic (exact) mass is 280 g/mol. The molecule has 1 fully saturated rings. The number of nitrogens with zero attached hydrogens (tertiary/aromatic N) is 2. The van der Waals surface area contributed by atoms with E-state index in [1.807, 2.05) is 28.2 Å². The maximum Gasteiger partial charge on any atom is 0.223 e. The molecule has 104 valence electrons. The van der Waals surface area contributed by atoms with Crippen LogP contribution in [0.4, 0.5) is 0 Å². The van der Waals surface area contributed by atoms with Crippen LogP contribution >= 0.6 is 11.3 Å². The lowest BCUT2D eigenvalue weighted by atomic mass is 10.2. The first-order chi connectivity index (χ1) is 9.20. The predicted molar refractivity (Wildman–Crippen MR) is 76.1 cm³/mol. The van der Waals surface area contributed by atoms with E-state index in [0.717, 1.165) is 6.42 Å². The van der Waals surface area contributed by atoms with Crippen molar-refractivity contribution < 1.29 is 9.59 Å². The average molecular weight is 280 g/mol. The van der Waals surface area contributed by atoms with Crippen molar-refractivity contribution in [3.63, 3.8) is 0 Å². The first-order valence-corrected chi connectivity index (χ1v) is 7.66. The third kappa shape index (κ3) is 3.80. The van der Waals surface area contributed by atoms with E-state index in [2.05, 4.69) is 6.07 Å². The molecule has 1 aromatic rings. The molecule has 2 heterocycles. The van der Waals surface area contributed by atoms with Crippen LogP contribution in [0.3, 0.4) is 0 Å². The van der Waals surface area contributed by atoms with Crippen LogP contribution in [0, 0.1) is 0 Å². The van der Waals surface area contributed by atoms with E-state index >= 15 is 0 Å². The molecule has 0 aromatic carbocycles. The molecule has 2 amide bonds. The molecule has 19 heavy (non-hydrogen) atoms. The number of rotatable bonds is 4. The highest BCUT2D eigenvalue weighted by molar-refractivity contribution is 7.09. The van der Waals surface area contributed by atoms with Crippen molar-refractivity contribution in [2.24, 2.45) is 0 Å². The van der Waals surface area contributed by atoms with Crippen molar-refractivity contribution >= 4 is 23.2 Å². The summed E-state index contributed by atoms with van der Waals surface area (Å²) in [6, 6.07) is 4.08. The number of carbonyl (C=O) groups is 2. The molecular weight excluding hydrogens is 260 g/mol. The fraction of sp³-hybridized carbons (Fsp3) is 0.571. The normalized spacial score (nSPS) is 15.6. The Morgan fingerprint density at radius 2 is 1.79 bits per heavy atom. The van der Waals surface area contributed by atoms with Crippen molar-refractivity contribution in [3.8, 4) is 0 Å². The van der Waals surface area contributed by atoms with Crippen LogP contribution in [0.1, 0.15) is 24.6 Å². The molecule has 5 heteroatoms. The Hall–Kier alpha value is -1.36. The van der Waals surface area contributed by atoms with E-state index in [1.54, 1.807) is 11.3 Å². The second-order valence-electron chi connectivity index (χ2n) is 4.69. The summed E-state index contributed by atoms with van der Waals surface area (Å²) >= 11 is 1.70. The predicted octanol–water partition coefficient (Wildman–Crippen LogP) is 1.76. The van der Waals surface area contributed by atoms with E-state index in [9.17, 15) is 9.59 Å². The number of thiophene rings is 1. The zero-order valence-electron chi connectivity index (χ0n) is 11.3. The number of piperazine rings is 1. The molecule has 0 saturated carbocycles. The summed E-state index contributed by atoms with van der Waals surface area (Å²) in [5.74, 6) is 0.391. The van der Waals surface area contributed by atoms with E-state index < -0.39 is 0 Å². The molecule has 0 bridgehead atoms. The first-order valence-electron chi connectivity index (χ1n) is 6.78. The van der Waals surface area contributed by atoms with Gasteiger partial charge in [-0.2, -0.15) is 0 Å². The van der Waals surface area contributed by atoms with Gasteiger partial charge in [0.25, 0.3) is 0 Å². The summed E-state index contributed by atoms with van der Waals surface area (Å²) in [6.45, 7) is 4.58. The van der Waals surface area contributed by atoms with Gasteiger partial charge in [0.2, 0.25) is 11.8 Å². The van der Waals surface area contributed by atoms with Crippen molar-refractivity contribution in [2.75, 3.05) is 26.2 Å². The zero-order valence-corrected chi connectivity index (χ0v) is 12.1. The Kier molecular flexibility index (Phi) is 4.96. The lowest BCUT2D eigenvalue weighted by Gasteiger charge is -2.34. The minimum absolute atomic E-state index is 0.186. The van der Waals surface area contributed by atoms with Gasteiger partial charge in [-0.05, 0) is 17.9 Å². The van der Waals surface area contributed by atoms with Crippen molar-refractivity contribution in [1.82, 2.24) is 9.80 Å². The molecule has 0 aliphatic carbocycles. The van der Waals surface area contributed by atoms with Crippen molar-refractivity contribution in [2.45, 2.75) is 26.2 Å². The quantitative estimate of drug-likeness (QED) is 0.843. The van der Waals surface area contributed by atoms with Gasteiger partial charge in [0.05, 0.1) is 0 Å². The zero-order chi connectivity index (χ0) is 13.7. The van der Waals surface area contributed by atoms with Gasteiger partial charge in [-0.3, -0.25) is 9.59 Å². The summed E-state index contributed by atoms with van der Waals surface area (Å²) in [6.07, 6.45) is 1.94. The van der Waals surface area contributed by atoms with Gasteiger partial charge in [0.1, 0.15) is 0 Å². The average Bonchev–Trinajstić information content (AvgIpc) is 2.97. The van der Waals surface area contributed by atoms with Crippen LogP contribution in [-0.2, 0) is 16.0 Å². The minimum Gasteiger partial charge on any atom is -0.339 e. The second-order valence-corrected chi connectivity index (χ2v) is 5.73. The van der Waals surface area contributed by atoms with Crippen LogP contribution in [0.2, 0.25) is 0 Å². The Morgan fingerprint density at radius 3 is 2.32 bits per heavy atom. The van der Waals surface area contributed by atoms with Crippen molar-refractivity contribution in [3.05, 3.63) is 22.4 Å². The van der Waals surface area contributed by atoms with E-state index in [4.69, 9.17) is 0 Å². The Labute approximate surface area is 118 Å². The fourth-order valence-corrected chi connectivity index (χ4v) is 2.98. The van der Waals surface area contributed by atoms with Gasteiger partial charge in [-0.25, -0.2) is 0 Å². The highest BCUT2D eigenvalue weighted by atomic mass is 32.1. The second kappa shape index (κ2) is 6.70. The maximum atomic E-state index is 12.1. The SMILES string of the molecule is CCC(=O)N1CCN(C(=O)CCc2cccs2)CC1. The van der Waals surface area contributed by atoms with Crippen LogP contribution in [0.5, 0.6) is 0 Å². The number of hydrogen-bond acceptors (Lipinski definition) is 3. The summed E-state index contributed by atoms with van der Waals surface area (Å²) in [5.41, 5.74) is 0.